The fourth-order valence-corrected chi connectivity index (χ4v) is 2.92. The monoisotopic (exact) mass is 347 g/mol. The van der Waals surface area contributed by atoms with Crippen molar-refractivity contribution in [3.63, 3.8) is 0 Å². The minimum Gasteiger partial charge on any atom is -0.322 e. The van der Waals surface area contributed by atoms with Gasteiger partial charge in [0.15, 0.2) is 0 Å². The molecule has 1 aromatic carbocycles. The molecule has 2 aromatic heterocycles. The third-order valence-electron chi connectivity index (χ3n) is 2.98. The third-order valence-corrected chi connectivity index (χ3v) is 4.18. The molecule has 3 rings (SSSR count). The van der Waals surface area contributed by atoms with E-state index in [9.17, 15) is 14.4 Å². The van der Waals surface area contributed by atoms with Gasteiger partial charge in [-0.1, -0.05) is 11.6 Å². The van der Waals surface area contributed by atoms with Gasteiger partial charge in [0.05, 0.1) is 15.4 Å². The van der Waals surface area contributed by atoms with Gasteiger partial charge < -0.3 is 15.3 Å². The summed E-state index contributed by atoms with van der Waals surface area (Å²) in [7, 11) is 0. The van der Waals surface area contributed by atoms with Gasteiger partial charge in [-0.15, -0.1) is 11.3 Å². The average molecular weight is 348 g/mol. The molecule has 116 valence electrons. The lowest BCUT2D eigenvalue weighted by atomic mass is 10.2. The second-order valence-electron chi connectivity index (χ2n) is 4.63. The topological polar surface area (TPSA) is 94.8 Å². The van der Waals surface area contributed by atoms with Crippen LogP contribution in [-0.4, -0.2) is 15.9 Å². The highest BCUT2D eigenvalue weighted by atomic mass is 35.5. The molecule has 6 nitrogen and oxygen atoms in total. The van der Waals surface area contributed by atoms with E-state index in [1.54, 1.807) is 30.3 Å². The molecule has 0 aliphatic rings. The van der Waals surface area contributed by atoms with Gasteiger partial charge in [0.1, 0.15) is 0 Å². The number of amides is 1. The molecule has 1 amide bonds. The fraction of sp³-hybridized carbons (Fsp3) is 0. The summed E-state index contributed by atoms with van der Waals surface area (Å²) in [6.45, 7) is 0. The van der Waals surface area contributed by atoms with Crippen LogP contribution >= 0.6 is 22.9 Å². The van der Waals surface area contributed by atoms with Gasteiger partial charge in [0, 0.05) is 16.6 Å². The Kier molecular flexibility index (Phi) is 4.14. The molecule has 0 aliphatic carbocycles. The summed E-state index contributed by atoms with van der Waals surface area (Å²) in [6.07, 6.45) is 3.05. The van der Waals surface area contributed by atoms with Crippen LogP contribution in [0, 0.1) is 0 Å². The van der Waals surface area contributed by atoms with Crippen molar-refractivity contribution in [2.75, 3.05) is 5.32 Å². The van der Waals surface area contributed by atoms with Crippen LogP contribution in [0.15, 0.2) is 46.0 Å². The second-order valence-corrected chi connectivity index (χ2v) is 6.38. The minimum atomic E-state index is -0.740. The molecule has 0 spiro atoms. The zero-order valence-corrected chi connectivity index (χ0v) is 13.1. The smallest absolute Gasteiger partial charge is 0.314 e. The molecule has 0 unspecified atom stereocenters. The normalized spacial score (nSPS) is 11.2. The molecule has 0 bridgehead atoms. The number of aromatic amines is 2. The number of rotatable bonds is 3. The highest BCUT2D eigenvalue weighted by Gasteiger charge is 2.03. The molecular weight excluding hydrogens is 338 g/mol. The molecule has 0 radical (unpaired) electrons. The predicted octanol–water partition coefficient (Wildman–Crippen LogP) is 2.58. The zero-order valence-electron chi connectivity index (χ0n) is 11.6. The number of thiophene rings is 1. The van der Waals surface area contributed by atoms with Crippen LogP contribution in [0.25, 0.3) is 17.1 Å². The highest BCUT2D eigenvalue weighted by molar-refractivity contribution is 7.17. The summed E-state index contributed by atoms with van der Waals surface area (Å²) in [4.78, 5) is 40.2. The molecule has 3 N–H and O–H groups in total. The lowest BCUT2D eigenvalue weighted by Crippen LogP contribution is -2.28. The number of carbonyl (C=O) groups excluding carboxylic acids is 1. The van der Waals surface area contributed by atoms with Gasteiger partial charge in [0.25, 0.3) is 0 Å². The van der Waals surface area contributed by atoms with Crippen LogP contribution in [0.1, 0.15) is 4.88 Å². The number of hydrogen-bond donors (Lipinski definition) is 3. The van der Waals surface area contributed by atoms with Crippen molar-refractivity contribution >= 4 is 51.6 Å². The molecular formula is C15H10ClN3O3S. The maximum Gasteiger partial charge on any atom is 0.314 e. The van der Waals surface area contributed by atoms with E-state index >= 15 is 0 Å². The zero-order chi connectivity index (χ0) is 16.4. The Morgan fingerprint density at radius 2 is 1.83 bits per heavy atom. The van der Waals surface area contributed by atoms with E-state index in [4.69, 9.17) is 11.6 Å². The lowest BCUT2D eigenvalue weighted by molar-refractivity contribution is -0.111. The van der Waals surface area contributed by atoms with Gasteiger partial charge in [-0.3, -0.25) is 14.4 Å². The van der Waals surface area contributed by atoms with E-state index in [1.807, 2.05) is 6.07 Å². The Morgan fingerprint density at radius 1 is 1.09 bits per heavy atom. The summed E-state index contributed by atoms with van der Waals surface area (Å²) < 4.78 is 0.650. The van der Waals surface area contributed by atoms with Gasteiger partial charge in [-0.05, 0) is 36.4 Å². The first-order valence-corrected chi connectivity index (χ1v) is 7.71. The molecule has 0 saturated carbocycles. The van der Waals surface area contributed by atoms with Crippen molar-refractivity contribution in [1.29, 1.82) is 0 Å². The summed E-state index contributed by atoms with van der Waals surface area (Å²) in [5.74, 6) is -0.319. The predicted molar refractivity (Wildman–Crippen MR) is 92.2 cm³/mol. The van der Waals surface area contributed by atoms with E-state index in [1.165, 1.54) is 17.4 Å². The Morgan fingerprint density at radius 3 is 2.52 bits per heavy atom. The average Bonchev–Trinajstić information content (AvgIpc) is 2.92. The summed E-state index contributed by atoms with van der Waals surface area (Å²) >= 11 is 7.18. The Hall–Kier alpha value is -2.64. The first kappa shape index (κ1) is 15.3. The molecule has 0 saturated heterocycles. The van der Waals surface area contributed by atoms with Crippen molar-refractivity contribution < 1.29 is 4.79 Å². The number of halogens is 1. The van der Waals surface area contributed by atoms with Crippen molar-refractivity contribution in [2.24, 2.45) is 0 Å². The van der Waals surface area contributed by atoms with Crippen LogP contribution < -0.4 is 16.4 Å². The van der Waals surface area contributed by atoms with Gasteiger partial charge in [-0.2, -0.15) is 0 Å². The lowest BCUT2D eigenvalue weighted by Gasteiger charge is -2.03. The van der Waals surface area contributed by atoms with Crippen LogP contribution in [0.5, 0.6) is 0 Å². The quantitative estimate of drug-likeness (QED) is 0.502. The number of nitrogens with one attached hydrogen (secondary N) is 3. The highest BCUT2D eigenvalue weighted by Crippen LogP contribution is 2.22. The van der Waals surface area contributed by atoms with Crippen LogP contribution in [0.3, 0.4) is 0 Å². The summed E-state index contributed by atoms with van der Waals surface area (Å²) in [5.41, 5.74) is -0.0425. The van der Waals surface area contributed by atoms with Crippen molar-refractivity contribution in [2.45, 2.75) is 0 Å². The minimum absolute atomic E-state index is 0.319. The fourth-order valence-electron chi connectivity index (χ4n) is 1.95. The Bertz CT molecular complexity index is 1030. The summed E-state index contributed by atoms with van der Waals surface area (Å²) in [6, 6.07) is 8.37. The Labute approximate surface area is 138 Å². The molecule has 0 fully saturated rings. The van der Waals surface area contributed by atoms with Crippen LogP contribution in [-0.2, 0) is 4.79 Å². The van der Waals surface area contributed by atoms with E-state index in [0.29, 0.717) is 21.1 Å². The summed E-state index contributed by atoms with van der Waals surface area (Å²) in [5, 5.41) is 2.68. The van der Waals surface area contributed by atoms with Crippen molar-refractivity contribution in [3.05, 3.63) is 66.3 Å². The van der Waals surface area contributed by atoms with Crippen LogP contribution in [0.4, 0.5) is 5.69 Å². The number of anilines is 1. The van der Waals surface area contributed by atoms with E-state index in [0.717, 1.165) is 4.88 Å². The van der Waals surface area contributed by atoms with Crippen molar-refractivity contribution in [1.82, 2.24) is 9.97 Å². The number of fused-ring (bicyclic) bond motifs is 1. The number of aromatic nitrogens is 2. The van der Waals surface area contributed by atoms with E-state index < -0.39 is 11.1 Å². The first-order chi connectivity index (χ1) is 11.0. The SMILES string of the molecule is O=C(C=Cc1ccc(Cl)s1)Nc1ccc2[nH]c(=O)c(=O)[nH]c2c1. The maximum atomic E-state index is 11.9. The van der Waals surface area contributed by atoms with E-state index in [-0.39, 0.29) is 5.91 Å². The molecule has 2 heterocycles. The molecule has 8 heteroatoms. The largest absolute Gasteiger partial charge is 0.322 e. The second kappa shape index (κ2) is 6.23. The molecule has 0 aliphatic heterocycles. The third kappa shape index (κ3) is 3.58. The van der Waals surface area contributed by atoms with Gasteiger partial charge in [-0.25, -0.2) is 0 Å². The Balaban J connectivity index is 1.79. The molecule has 23 heavy (non-hydrogen) atoms. The first-order valence-electron chi connectivity index (χ1n) is 6.52. The molecule has 0 atom stereocenters. The van der Waals surface area contributed by atoms with Gasteiger partial charge in [0.2, 0.25) is 5.91 Å². The van der Waals surface area contributed by atoms with Crippen molar-refractivity contribution in [3.8, 4) is 0 Å². The number of carbonyl (C=O) groups is 1. The number of benzene rings is 1. The number of hydrogen-bond acceptors (Lipinski definition) is 4. The number of H-pyrrole nitrogens is 2. The molecule has 3 aromatic rings. The standard InChI is InChI=1S/C15H10ClN3O3S/c16-12-5-2-9(23-12)3-6-13(20)17-8-1-4-10-11(7-8)19-15(22)14(21)18-10/h1-7H,(H,17,20)(H,18,21)(H,19,22). The van der Waals surface area contributed by atoms with Gasteiger partial charge >= 0.3 is 11.1 Å². The van der Waals surface area contributed by atoms with E-state index in [2.05, 4.69) is 15.3 Å². The maximum absolute atomic E-state index is 11.9. The van der Waals surface area contributed by atoms with Crippen LogP contribution in [0.2, 0.25) is 4.34 Å².